The molecule has 1 unspecified atom stereocenters. The van der Waals surface area contributed by atoms with Crippen molar-refractivity contribution in [3.8, 4) is 0 Å². The zero-order valence-corrected chi connectivity index (χ0v) is 25.4. The zero-order chi connectivity index (χ0) is 36.9. The van der Waals surface area contributed by atoms with Crippen LogP contribution in [0.1, 0.15) is 29.8 Å². The maximum Gasteiger partial charge on any atom is 0.490 e. The summed E-state index contributed by atoms with van der Waals surface area (Å²) in [6.45, 7) is 7.97. The van der Waals surface area contributed by atoms with E-state index in [4.69, 9.17) is 34.4 Å². The summed E-state index contributed by atoms with van der Waals surface area (Å²) in [5, 5.41) is 21.4. The van der Waals surface area contributed by atoms with Crippen LogP contribution in [0.3, 0.4) is 0 Å². The average Bonchev–Trinajstić information content (AvgIpc) is 2.94. The molecule has 20 heteroatoms. The first-order valence-corrected chi connectivity index (χ1v) is 13.7. The van der Waals surface area contributed by atoms with E-state index in [2.05, 4.69) is 58.0 Å². The van der Waals surface area contributed by atoms with Gasteiger partial charge in [-0.05, 0) is 63.0 Å². The number of pyridine rings is 2. The van der Waals surface area contributed by atoms with Gasteiger partial charge in [0.15, 0.2) is 0 Å². The Morgan fingerprint density at radius 1 is 0.896 bits per heavy atom. The van der Waals surface area contributed by atoms with E-state index in [1.165, 1.54) is 18.5 Å². The van der Waals surface area contributed by atoms with Crippen LogP contribution in [-0.2, 0) is 32.3 Å². The van der Waals surface area contributed by atoms with Crippen LogP contribution in [0.5, 0.6) is 0 Å². The molecule has 0 amide bonds. The Morgan fingerprint density at radius 3 is 1.85 bits per heavy atom. The number of hydrogen-bond acceptors (Lipinski definition) is 8. The number of carboxylic acids is 3. The van der Waals surface area contributed by atoms with Crippen molar-refractivity contribution in [3.05, 3.63) is 59.7 Å². The van der Waals surface area contributed by atoms with Gasteiger partial charge in [-0.25, -0.2) is 14.4 Å². The molecule has 0 aliphatic carbocycles. The summed E-state index contributed by atoms with van der Waals surface area (Å²) >= 11 is 0. The van der Waals surface area contributed by atoms with Gasteiger partial charge in [0.25, 0.3) is 0 Å². The fourth-order valence-corrected chi connectivity index (χ4v) is 4.56. The second-order valence-electron chi connectivity index (χ2n) is 10.7. The van der Waals surface area contributed by atoms with Crippen molar-refractivity contribution in [1.29, 1.82) is 0 Å². The summed E-state index contributed by atoms with van der Waals surface area (Å²) in [5.41, 5.74) is 3.76. The Hall–Kier alpha value is -4.04. The average molecular weight is 709 g/mol. The molecule has 1 atom stereocenters. The number of rotatable bonds is 6. The Morgan fingerprint density at radius 2 is 1.42 bits per heavy atom. The van der Waals surface area contributed by atoms with E-state index in [9.17, 15) is 39.5 Å². The standard InChI is InChI=1S/C22H30N4O.3C2HF3O2/c1-18-5-3-7-21(24-18)13-26-16-22(17-26)11-19(8-10-25(22)2)14-27-15-20-6-4-9-23-12-20;3*3-2(4,5)1(6)7/h3-7,9,12,19H,8,10-11,13-17H2,1-2H3;3*(H,6,7). The van der Waals surface area contributed by atoms with Crippen LogP contribution in [0.15, 0.2) is 42.7 Å². The molecule has 11 nitrogen and oxygen atoms in total. The fraction of sp³-hybridized carbons (Fsp3) is 0.536. The summed E-state index contributed by atoms with van der Waals surface area (Å²) in [5.74, 6) is -7.62. The number of piperidine rings is 1. The molecule has 1 spiro atoms. The number of carboxylic acid groups (broad SMARTS) is 3. The molecule has 2 fully saturated rings. The molecule has 48 heavy (non-hydrogen) atoms. The van der Waals surface area contributed by atoms with Gasteiger partial charge in [-0.3, -0.25) is 19.8 Å². The van der Waals surface area contributed by atoms with Gasteiger partial charge >= 0.3 is 36.4 Å². The highest BCUT2D eigenvalue weighted by Crippen LogP contribution is 2.39. The van der Waals surface area contributed by atoms with E-state index in [1.807, 2.05) is 12.3 Å². The van der Waals surface area contributed by atoms with Gasteiger partial charge in [0.1, 0.15) is 0 Å². The minimum atomic E-state index is -5.08. The Balaban J connectivity index is 0.000000448. The van der Waals surface area contributed by atoms with E-state index >= 15 is 0 Å². The number of alkyl halides is 9. The normalized spacial score (nSPS) is 17.7. The third-order valence-corrected chi connectivity index (χ3v) is 6.79. The van der Waals surface area contributed by atoms with Gasteiger partial charge in [-0.15, -0.1) is 0 Å². The lowest BCUT2D eigenvalue weighted by atomic mass is 9.75. The fourth-order valence-electron chi connectivity index (χ4n) is 4.56. The predicted molar refractivity (Wildman–Crippen MR) is 147 cm³/mol. The van der Waals surface area contributed by atoms with Crippen molar-refractivity contribution in [3.63, 3.8) is 0 Å². The molecular formula is C28H33F9N4O7. The Kier molecular flexibility index (Phi) is 15.7. The van der Waals surface area contributed by atoms with Gasteiger partial charge in [0, 0.05) is 49.9 Å². The molecule has 2 aromatic heterocycles. The molecule has 0 radical (unpaired) electrons. The van der Waals surface area contributed by atoms with Gasteiger partial charge in [0.05, 0.1) is 12.3 Å². The molecule has 0 aromatic carbocycles. The predicted octanol–water partition coefficient (Wildman–Crippen LogP) is 4.80. The van der Waals surface area contributed by atoms with Crippen molar-refractivity contribution in [2.24, 2.45) is 5.92 Å². The maximum atomic E-state index is 10.6. The first-order chi connectivity index (χ1) is 22.0. The summed E-state index contributed by atoms with van der Waals surface area (Å²) < 4.78 is 101. The Bertz CT molecular complexity index is 1260. The number of nitrogens with zero attached hydrogens (tertiary/aromatic N) is 4. The van der Waals surface area contributed by atoms with Crippen molar-refractivity contribution in [2.45, 2.75) is 57.0 Å². The van der Waals surface area contributed by atoms with E-state index in [1.54, 1.807) is 6.20 Å². The number of aliphatic carboxylic acids is 3. The number of hydrogen-bond donors (Lipinski definition) is 3. The summed E-state index contributed by atoms with van der Waals surface area (Å²) in [6, 6.07) is 10.3. The molecule has 2 aliphatic heterocycles. The molecule has 2 aromatic rings. The molecule has 4 heterocycles. The molecule has 2 saturated heterocycles. The number of aromatic nitrogens is 2. The van der Waals surface area contributed by atoms with Crippen LogP contribution in [0.4, 0.5) is 39.5 Å². The number of likely N-dealkylation sites (N-methyl/N-ethyl adjacent to an activating group) is 1. The summed E-state index contributed by atoms with van der Waals surface area (Å²) in [7, 11) is 2.29. The van der Waals surface area contributed by atoms with Crippen molar-refractivity contribution < 1.29 is 74.0 Å². The first kappa shape index (κ1) is 42.0. The minimum absolute atomic E-state index is 0.324. The minimum Gasteiger partial charge on any atom is -0.475 e. The number of ether oxygens (including phenoxy) is 1. The lowest BCUT2D eigenvalue weighted by molar-refractivity contribution is -0.193. The van der Waals surface area contributed by atoms with Gasteiger partial charge in [-0.1, -0.05) is 12.1 Å². The molecule has 2 aliphatic rings. The second-order valence-corrected chi connectivity index (χ2v) is 10.7. The summed E-state index contributed by atoms with van der Waals surface area (Å²) in [4.78, 5) is 40.6. The van der Waals surface area contributed by atoms with Gasteiger partial charge in [-0.2, -0.15) is 39.5 Å². The third kappa shape index (κ3) is 15.2. The Labute approximate surface area is 267 Å². The SMILES string of the molecule is Cc1cccc(CN2CC3(CC(COCc4cccnc4)CCN3C)C2)n1.O=C(O)C(F)(F)F.O=C(O)C(F)(F)F.O=C(O)C(F)(F)F. The summed E-state index contributed by atoms with van der Waals surface area (Å²) in [6.07, 6.45) is -9.10. The van der Waals surface area contributed by atoms with Crippen molar-refractivity contribution in [1.82, 2.24) is 19.8 Å². The number of halogens is 9. The van der Waals surface area contributed by atoms with Crippen LogP contribution >= 0.6 is 0 Å². The van der Waals surface area contributed by atoms with Crippen LogP contribution in [-0.4, -0.2) is 110 Å². The number of likely N-dealkylation sites (tertiary alicyclic amines) is 2. The third-order valence-electron chi connectivity index (χ3n) is 6.79. The topological polar surface area (TPSA) is 153 Å². The first-order valence-electron chi connectivity index (χ1n) is 13.7. The quantitative estimate of drug-likeness (QED) is 0.355. The van der Waals surface area contributed by atoms with Crippen molar-refractivity contribution >= 4 is 17.9 Å². The highest BCUT2D eigenvalue weighted by Gasteiger charge is 2.49. The van der Waals surface area contributed by atoms with E-state index in [-0.39, 0.29) is 0 Å². The zero-order valence-electron chi connectivity index (χ0n) is 25.4. The van der Waals surface area contributed by atoms with E-state index in [0.717, 1.165) is 44.0 Å². The largest absolute Gasteiger partial charge is 0.490 e. The molecule has 0 bridgehead atoms. The highest BCUT2D eigenvalue weighted by molar-refractivity contribution is 5.73. The lowest BCUT2D eigenvalue weighted by Gasteiger charge is -2.58. The molecule has 4 rings (SSSR count). The number of carbonyl (C=O) groups is 3. The maximum absolute atomic E-state index is 10.6. The smallest absolute Gasteiger partial charge is 0.475 e. The highest BCUT2D eigenvalue weighted by atomic mass is 19.4. The van der Waals surface area contributed by atoms with Crippen LogP contribution in [0.2, 0.25) is 0 Å². The van der Waals surface area contributed by atoms with Gasteiger partial charge in [0.2, 0.25) is 0 Å². The monoisotopic (exact) mass is 708 g/mol. The van der Waals surface area contributed by atoms with Crippen molar-refractivity contribution in [2.75, 3.05) is 33.3 Å². The van der Waals surface area contributed by atoms with Crippen LogP contribution in [0, 0.1) is 12.8 Å². The molecule has 0 saturated carbocycles. The van der Waals surface area contributed by atoms with E-state index in [0.29, 0.717) is 18.1 Å². The van der Waals surface area contributed by atoms with E-state index < -0.39 is 36.4 Å². The molecule has 3 N–H and O–H groups in total. The van der Waals surface area contributed by atoms with Crippen LogP contribution < -0.4 is 0 Å². The molecule has 270 valence electrons. The number of aryl methyl sites for hydroxylation is 1. The van der Waals surface area contributed by atoms with Crippen LogP contribution in [0.25, 0.3) is 0 Å². The second kappa shape index (κ2) is 17.9. The van der Waals surface area contributed by atoms with Gasteiger partial charge < -0.3 is 20.1 Å². The molecular weight excluding hydrogens is 675 g/mol. The lowest BCUT2D eigenvalue weighted by Crippen LogP contribution is -2.71.